The fourth-order valence-corrected chi connectivity index (χ4v) is 2.87. The molecule has 4 heteroatoms. The van der Waals surface area contributed by atoms with Gasteiger partial charge in [-0.1, -0.05) is 0 Å². The van der Waals surface area contributed by atoms with Crippen LogP contribution >= 0.6 is 0 Å². The third kappa shape index (κ3) is 1.60. The Morgan fingerprint density at radius 1 is 1.80 bits per heavy atom. The number of carbonyl (C=O) groups excluding carboxylic acids is 1. The van der Waals surface area contributed by atoms with Gasteiger partial charge >= 0.3 is 65.9 Å². The minimum atomic E-state index is -2.09. The third-order valence-electron chi connectivity index (χ3n) is 1.06. The molecule has 0 fully saturated rings. The number of methoxy groups -OCH3 is 1. The zero-order chi connectivity index (χ0) is 7.56. The van der Waals surface area contributed by atoms with Gasteiger partial charge in [0, 0.05) is 0 Å². The number of esters is 1. The Bertz CT molecular complexity index is 207. The zero-order valence-electron chi connectivity index (χ0n) is 5.40. The summed E-state index contributed by atoms with van der Waals surface area (Å²) < 4.78 is 16.8. The van der Waals surface area contributed by atoms with Crippen LogP contribution < -0.4 is 0 Å². The molecule has 1 aliphatic heterocycles. The Labute approximate surface area is 66.2 Å². The monoisotopic (exact) mass is 257 g/mol. The van der Waals surface area contributed by atoms with Crippen LogP contribution in [0.2, 0.25) is 0 Å². The Hall–Kier alpha value is -0.300. The molecule has 55 valence electrons. The summed E-state index contributed by atoms with van der Waals surface area (Å²) in [6.07, 6.45) is 1.61. The van der Waals surface area contributed by atoms with Crippen LogP contribution in [-0.4, -0.2) is 36.5 Å². The summed E-state index contributed by atoms with van der Waals surface area (Å²) in [5.41, 5.74) is 0.488. The number of ether oxygens (including phenoxy) is 1. The fourth-order valence-electron chi connectivity index (χ4n) is 0.586. The van der Waals surface area contributed by atoms with Crippen LogP contribution in [0.4, 0.5) is 0 Å². The summed E-state index contributed by atoms with van der Waals surface area (Å²) in [7, 11) is 1.33. The van der Waals surface area contributed by atoms with Gasteiger partial charge in [-0.25, -0.2) is 0 Å². The van der Waals surface area contributed by atoms with Gasteiger partial charge in [-0.2, -0.15) is 0 Å². The van der Waals surface area contributed by atoms with Crippen molar-refractivity contribution in [2.75, 3.05) is 7.11 Å². The maximum absolute atomic E-state index is 10.7. The van der Waals surface area contributed by atoms with Gasteiger partial charge in [-0.15, -0.1) is 0 Å². The number of rotatable bonds is 1. The van der Waals surface area contributed by atoms with Crippen molar-refractivity contribution in [3.63, 3.8) is 0 Å². The molecule has 0 saturated heterocycles. The predicted molar refractivity (Wildman–Crippen MR) is 37.2 cm³/mol. The molecule has 3 nitrogen and oxygen atoms in total. The molecule has 0 amide bonds. The molecule has 0 aromatic carbocycles. The van der Waals surface area contributed by atoms with Crippen LogP contribution in [0.5, 0.6) is 0 Å². The average Bonchev–Trinajstić information content (AvgIpc) is 2.34. The number of hydrogen-bond acceptors (Lipinski definition) is 3. The van der Waals surface area contributed by atoms with E-state index in [4.69, 9.17) is 3.47 Å². The topological polar surface area (TPSA) is 46.5 Å². The fraction of sp³-hybridized carbons (Fsp3) is 0.167. The Balaban J connectivity index is 2.68. The maximum atomic E-state index is 10.7. The van der Waals surface area contributed by atoms with Gasteiger partial charge in [0.15, 0.2) is 0 Å². The summed E-state index contributed by atoms with van der Waals surface area (Å²) in [6.45, 7) is 0. The first-order valence-electron chi connectivity index (χ1n) is 2.63. The van der Waals surface area contributed by atoms with Crippen molar-refractivity contribution in [1.82, 2.24) is 0 Å². The van der Waals surface area contributed by atoms with Crippen LogP contribution in [0.15, 0.2) is 19.9 Å². The van der Waals surface area contributed by atoms with E-state index in [-0.39, 0.29) is 5.97 Å². The van der Waals surface area contributed by atoms with Crippen LogP contribution in [0.1, 0.15) is 0 Å². The van der Waals surface area contributed by atoms with Crippen molar-refractivity contribution in [3.05, 3.63) is 19.9 Å². The zero-order valence-corrected chi connectivity index (χ0v) is 7.73. The van der Waals surface area contributed by atoms with E-state index in [0.29, 0.717) is 5.57 Å². The molecule has 0 spiro atoms. The molecule has 0 aromatic rings. The molecule has 1 N–H and O–H groups in total. The molecule has 1 aliphatic rings. The summed E-state index contributed by atoms with van der Waals surface area (Å²) in [5.74, 6) is -0.367. The van der Waals surface area contributed by atoms with Crippen molar-refractivity contribution in [3.8, 4) is 0 Å². The Morgan fingerprint density at radius 2 is 2.50 bits per heavy atom. The van der Waals surface area contributed by atoms with E-state index in [1.807, 2.05) is 0 Å². The molecule has 0 atom stereocenters. The van der Waals surface area contributed by atoms with E-state index in [2.05, 4.69) is 4.74 Å². The third-order valence-corrected chi connectivity index (χ3v) is 3.65. The predicted octanol–water partition coefficient (Wildman–Crippen LogP) is -0.282. The van der Waals surface area contributed by atoms with Crippen molar-refractivity contribution >= 4 is 25.9 Å². The molecule has 1 rings (SSSR count). The van der Waals surface area contributed by atoms with Crippen molar-refractivity contribution < 1.29 is 13.0 Å². The molecule has 0 saturated carbocycles. The Morgan fingerprint density at radius 3 is 2.90 bits per heavy atom. The number of hydrogen-bond donors (Lipinski definition) is 1. The molecule has 10 heavy (non-hydrogen) atoms. The van der Waals surface area contributed by atoms with Gasteiger partial charge in [-0.05, 0) is 0 Å². The standard InChI is InChI=1S/C6H7O3Te/c1-9-6(7)5-2-3-10(8)4-5/h2-4,8H,1H3. The van der Waals surface area contributed by atoms with Crippen LogP contribution in [-0.2, 0) is 9.53 Å². The first-order chi connectivity index (χ1) is 4.74. The van der Waals surface area contributed by atoms with E-state index < -0.39 is 20.0 Å². The van der Waals surface area contributed by atoms with Gasteiger partial charge in [0.1, 0.15) is 0 Å². The molecule has 0 unspecified atom stereocenters. The summed E-state index contributed by atoms with van der Waals surface area (Å²) in [4.78, 5) is 10.7. The van der Waals surface area contributed by atoms with E-state index in [1.54, 1.807) is 14.3 Å². The molecular weight excluding hydrogens is 248 g/mol. The Kier molecular flexibility index (Phi) is 2.50. The van der Waals surface area contributed by atoms with E-state index in [9.17, 15) is 4.79 Å². The van der Waals surface area contributed by atoms with Crippen molar-refractivity contribution in [1.29, 1.82) is 0 Å². The second-order valence-corrected chi connectivity index (χ2v) is 5.14. The quantitative estimate of drug-likeness (QED) is 0.517. The first kappa shape index (κ1) is 7.80. The molecule has 0 aliphatic carbocycles. The molecular formula is C6H7O3Te. The van der Waals surface area contributed by atoms with E-state index in [0.717, 1.165) is 0 Å². The van der Waals surface area contributed by atoms with Gasteiger partial charge in [0.2, 0.25) is 0 Å². The van der Waals surface area contributed by atoms with Gasteiger partial charge in [-0.3, -0.25) is 0 Å². The van der Waals surface area contributed by atoms with Gasteiger partial charge in [0.05, 0.1) is 0 Å². The number of carbonyl (C=O) groups is 1. The van der Waals surface area contributed by atoms with E-state index in [1.165, 1.54) is 7.11 Å². The summed E-state index contributed by atoms with van der Waals surface area (Å²) >= 11 is -2.09. The second kappa shape index (κ2) is 3.20. The summed E-state index contributed by atoms with van der Waals surface area (Å²) in [5, 5.41) is 0. The first-order valence-corrected chi connectivity index (χ1v) is 6.36. The van der Waals surface area contributed by atoms with Crippen LogP contribution in [0.25, 0.3) is 0 Å². The molecule has 0 bridgehead atoms. The second-order valence-electron chi connectivity index (χ2n) is 1.71. The molecule has 1 heterocycles. The molecule has 1 radical (unpaired) electrons. The van der Waals surface area contributed by atoms with Gasteiger partial charge in [0.25, 0.3) is 0 Å². The van der Waals surface area contributed by atoms with Crippen molar-refractivity contribution in [2.45, 2.75) is 0 Å². The normalized spacial score (nSPS) is 17.2. The minimum absolute atomic E-state index is 0.367. The van der Waals surface area contributed by atoms with Crippen molar-refractivity contribution in [2.24, 2.45) is 0 Å². The molecule has 0 aromatic heterocycles. The summed E-state index contributed by atoms with van der Waals surface area (Å²) in [6, 6.07) is 0. The van der Waals surface area contributed by atoms with Crippen LogP contribution in [0, 0.1) is 0 Å². The van der Waals surface area contributed by atoms with E-state index >= 15 is 0 Å². The van der Waals surface area contributed by atoms with Crippen LogP contribution in [0.3, 0.4) is 0 Å². The SMILES string of the molecule is COC(=O)C1=C[Te](O)C=C1. The van der Waals surface area contributed by atoms with Gasteiger partial charge < -0.3 is 0 Å². The average molecular weight is 255 g/mol.